The van der Waals surface area contributed by atoms with E-state index in [2.05, 4.69) is 0 Å². The van der Waals surface area contributed by atoms with Gasteiger partial charge in [0, 0.05) is 7.05 Å². The number of sulfonamides is 1. The summed E-state index contributed by atoms with van der Waals surface area (Å²) in [6.07, 6.45) is 1.42. The van der Waals surface area contributed by atoms with E-state index < -0.39 is 21.7 Å². The first-order valence-corrected chi connectivity index (χ1v) is 5.71. The molecule has 0 aromatic carbocycles. The SMILES string of the molecule is CN(Cc1ccco1)S(=O)(=O)CC(=O)O. The zero-order valence-corrected chi connectivity index (χ0v) is 8.90. The summed E-state index contributed by atoms with van der Waals surface area (Å²) in [6.45, 7) is 0.0304. The smallest absolute Gasteiger partial charge is 0.320 e. The minimum absolute atomic E-state index is 0.0304. The molecule has 6 nitrogen and oxygen atoms in total. The van der Waals surface area contributed by atoms with Crippen LogP contribution < -0.4 is 0 Å². The normalized spacial score (nSPS) is 11.9. The van der Waals surface area contributed by atoms with Crippen molar-refractivity contribution in [3.8, 4) is 0 Å². The highest BCUT2D eigenvalue weighted by molar-refractivity contribution is 7.89. The molecule has 0 atom stereocenters. The van der Waals surface area contributed by atoms with Gasteiger partial charge in [-0.05, 0) is 12.1 Å². The van der Waals surface area contributed by atoms with Gasteiger partial charge in [-0.15, -0.1) is 0 Å². The fourth-order valence-electron chi connectivity index (χ4n) is 0.987. The van der Waals surface area contributed by atoms with Gasteiger partial charge in [0.2, 0.25) is 10.0 Å². The number of carboxylic acids is 1. The number of nitrogens with zero attached hydrogens (tertiary/aromatic N) is 1. The molecule has 1 aromatic heterocycles. The number of carbonyl (C=O) groups is 1. The Kier molecular flexibility index (Phi) is 3.48. The zero-order valence-electron chi connectivity index (χ0n) is 8.08. The predicted octanol–water partition coefficient (Wildman–Crippen LogP) is 0.126. The van der Waals surface area contributed by atoms with Crippen molar-refractivity contribution in [2.45, 2.75) is 6.54 Å². The lowest BCUT2D eigenvalue weighted by molar-refractivity contribution is -0.134. The lowest BCUT2D eigenvalue weighted by Gasteiger charge is -2.13. The standard InChI is InChI=1S/C8H11NO5S/c1-9(5-7-3-2-4-14-7)15(12,13)6-8(10)11/h2-4H,5-6H2,1H3,(H,10,11). The number of carboxylic acid groups (broad SMARTS) is 1. The molecule has 0 aliphatic rings. The highest BCUT2D eigenvalue weighted by atomic mass is 32.2. The third kappa shape index (κ3) is 3.37. The van der Waals surface area contributed by atoms with Crippen LogP contribution in [0, 0.1) is 0 Å². The molecule has 0 bridgehead atoms. The number of hydrogen-bond donors (Lipinski definition) is 1. The second-order valence-electron chi connectivity index (χ2n) is 2.99. The van der Waals surface area contributed by atoms with Crippen molar-refractivity contribution in [1.82, 2.24) is 4.31 Å². The average Bonchev–Trinajstić information content (AvgIpc) is 2.54. The molecule has 84 valence electrons. The van der Waals surface area contributed by atoms with E-state index in [-0.39, 0.29) is 6.54 Å². The molecule has 0 unspecified atom stereocenters. The molecule has 7 heteroatoms. The third-order valence-electron chi connectivity index (χ3n) is 1.74. The maximum atomic E-state index is 11.4. The lowest BCUT2D eigenvalue weighted by atomic mass is 10.4. The first kappa shape index (κ1) is 11.7. The summed E-state index contributed by atoms with van der Waals surface area (Å²) < 4.78 is 28.6. The first-order valence-electron chi connectivity index (χ1n) is 4.10. The topological polar surface area (TPSA) is 87.8 Å². The number of rotatable bonds is 5. The van der Waals surface area contributed by atoms with Crippen LogP contribution in [0.5, 0.6) is 0 Å². The summed E-state index contributed by atoms with van der Waals surface area (Å²) in [5.41, 5.74) is 0. The quantitative estimate of drug-likeness (QED) is 0.780. The van der Waals surface area contributed by atoms with Crippen molar-refractivity contribution >= 4 is 16.0 Å². The van der Waals surface area contributed by atoms with Crippen LogP contribution in [0.2, 0.25) is 0 Å². The summed E-state index contributed by atoms with van der Waals surface area (Å²) in [5.74, 6) is -1.82. The van der Waals surface area contributed by atoms with E-state index in [0.29, 0.717) is 5.76 Å². The maximum Gasteiger partial charge on any atom is 0.320 e. The molecule has 0 radical (unpaired) electrons. The van der Waals surface area contributed by atoms with Crippen LogP contribution in [0.1, 0.15) is 5.76 Å². The fourth-order valence-corrected chi connectivity index (χ4v) is 1.84. The molecular weight excluding hydrogens is 222 g/mol. The van der Waals surface area contributed by atoms with Crippen molar-refractivity contribution in [2.75, 3.05) is 12.8 Å². The molecule has 0 amide bonds. The molecule has 0 saturated carbocycles. The van der Waals surface area contributed by atoms with E-state index in [4.69, 9.17) is 9.52 Å². The fraction of sp³-hybridized carbons (Fsp3) is 0.375. The van der Waals surface area contributed by atoms with E-state index in [9.17, 15) is 13.2 Å². The molecule has 1 N–H and O–H groups in total. The van der Waals surface area contributed by atoms with Gasteiger partial charge >= 0.3 is 5.97 Å². The second kappa shape index (κ2) is 4.45. The van der Waals surface area contributed by atoms with E-state index in [1.807, 2.05) is 0 Å². The largest absolute Gasteiger partial charge is 0.480 e. The van der Waals surface area contributed by atoms with Crippen molar-refractivity contribution in [2.24, 2.45) is 0 Å². The Morgan fingerprint density at radius 3 is 2.73 bits per heavy atom. The number of furan rings is 1. The van der Waals surface area contributed by atoms with Gasteiger partial charge < -0.3 is 9.52 Å². The van der Waals surface area contributed by atoms with Crippen LogP contribution in [-0.2, 0) is 21.4 Å². The molecule has 1 heterocycles. The Hall–Kier alpha value is -1.34. The van der Waals surface area contributed by atoms with Crippen LogP contribution >= 0.6 is 0 Å². The van der Waals surface area contributed by atoms with Gasteiger partial charge in [-0.1, -0.05) is 0 Å². The molecule has 0 aliphatic heterocycles. The van der Waals surface area contributed by atoms with Crippen LogP contribution in [0.15, 0.2) is 22.8 Å². The number of hydrogen-bond acceptors (Lipinski definition) is 4. The van der Waals surface area contributed by atoms with Crippen molar-refractivity contribution in [3.63, 3.8) is 0 Å². The monoisotopic (exact) mass is 233 g/mol. The summed E-state index contributed by atoms with van der Waals surface area (Å²) in [5, 5.41) is 8.39. The zero-order chi connectivity index (χ0) is 11.5. The van der Waals surface area contributed by atoms with Gasteiger partial charge in [0.05, 0.1) is 12.8 Å². The molecule has 0 aliphatic carbocycles. The van der Waals surface area contributed by atoms with Crippen molar-refractivity contribution in [3.05, 3.63) is 24.2 Å². The molecule has 1 rings (SSSR count). The Labute approximate surface area is 87.2 Å². The van der Waals surface area contributed by atoms with Crippen molar-refractivity contribution < 1.29 is 22.7 Å². The van der Waals surface area contributed by atoms with Gasteiger partial charge in [-0.2, -0.15) is 4.31 Å². The van der Waals surface area contributed by atoms with E-state index in [1.54, 1.807) is 12.1 Å². The lowest BCUT2D eigenvalue weighted by Crippen LogP contribution is -2.31. The van der Waals surface area contributed by atoms with Gasteiger partial charge in [0.1, 0.15) is 5.76 Å². The highest BCUT2D eigenvalue weighted by Gasteiger charge is 2.22. The van der Waals surface area contributed by atoms with E-state index >= 15 is 0 Å². The Morgan fingerprint density at radius 1 is 1.60 bits per heavy atom. The van der Waals surface area contributed by atoms with Crippen LogP contribution in [0.4, 0.5) is 0 Å². The Morgan fingerprint density at radius 2 is 2.27 bits per heavy atom. The van der Waals surface area contributed by atoms with Gasteiger partial charge in [-0.25, -0.2) is 8.42 Å². The van der Waals surface area contributed by atoms with Crippen molar-refractivity contribution in [1.29, 1.82) is 0 Å². The Bertz CT molecular complexity index is 422. The van der Waals surface area contributed by atoms with E-state index in [0.717, 1.165) is 4.31 Å². The number of aliphatic carboxylic acids is 1. The molecule has 0 saturated heterocycles. The molecule has 0 spiro atoms. The molecule has 1 aromatic rings. The van der Waals surface area contributed by atoms with Crippen LogP contribution in [0.25, 0.3) is 0 Å². The molecular formula is C8H11NO5S. The van der Waals surface area contributed by atoms with Crippen LogP contribution in [0.3, 0.4) is 0 Å². The van der Waals surface area contributed by atoms with Crippen LogP contribution in [-0.4, -0.2) is 36.6 Å². The predicted molar refractivity (Wildman–Crippen MR) is 51.6 cm³/mol. The summed E-state index contributed by atoms with van der Waals surface area (Å²) in [6, 6.07) is 3.25. The first-order chi connectivity index (χ1) is 6.92. The van der Waals surface area contributed by atoms with Gasteiger partial charge in [0.25, 0.3) is 0 Å². The summed E-state index contributed by atoms with van der Waals surface area (Å²) >= 11 is 0. The summed E-state index contributed by atoms with van der Waals surface area (Å²) in [4.78, 5) is 10.3. The minimum atomic E-state index is -3.76. The summed E-state index contributed by atoms with van der Waals surface area (Å²) in [7, 11) is -2.46. The Balaban J connectivity index is 2.68. The van der Waals surface area contributed by atoms with E-state index in [1.165, 1.54) is 13.3 Å². The molecule has 15 heavy (non-hydrogen) atoms. The maximum absolute atomic E-state index is 11.4. The van der Waals surface area contributed by atoms with Gasteiger partial charge in [-0.3, -0.25) is 4.79 Å². The third-order valence-corrected chi connectivity index (χ3v) is 3.43. The highest BCUT2D eigenvalue weighted by Crippen LogP contribution is 2.07. The van der Waals surface area contributed by atoms with Gasteiger partial charge in [0.15, 0.2) is 5.75 Å². The molecule has 0 fully saturated rings. The second-order valence-corrected chi connectivity index (χ2v) is 5.06. The minimum Gasteiger partial charge on any atom is -0.480 e. The average molecular weight is 233 g/mol.